The molecule has 0 N–H and O–H groups in total. The van der Waals surface area contributed by atoms with E-state index in [1.54, 1.807) is 55.8 Å². The fourth-order valence-corrected chi connectivity index (χ4v) is 3.70. The van der Waals surface area contributed by atoms with Crippen LogP contribution in [0.3, 0.4) is 0 Å². The van der Waals surface area contributed by atoms with Crippen LogP contribution in [0.2, 0.25) is 5.02 Å². The van der Waals surface area contributed by atoms with Gasteiger partial charge in [0.05, 0.1) is 29.7 Å². The van der Waals surface area contributed by atoms with Crippen molar-refractivity contribution in [2.45, 2.75) is 12.8 Å². The molecule has 2 aromatic carbocycles. The highest BCUT2D eigenvalue weighted by Crippen LogP contribution is 2.45. The quantitative estimate of drug-likeness (QED) is 0.385. The molecule has 0 radical (unpaired) electrons. The van der Waals surface area contributed by atoms with Crippen molar-refractivity contribution in [1.29, 1.82) is 5.26 Å². The van der Waals surface area contributed by atoms with Crippen molar-refractivity contribution in [2.75, 3.05) is 13.7 Å². The third-order valence-corrected chi connectivity index (χ3v) is 5.99. The summed E-state index contributed by atoms with van der Waals surface area (Å²) in [6, 6.07) is 18.4. The summed E-state index contributed by atoms with van der Waals surface area (Å²) in [6.07, 6.45) is 3.37. The van der Waals surface area contributed by atoms with E-state index in [1.807, 2.05) is 12.1 Å². The number of hydrogen-bond acceptors (Lipinski definition) is 5. The van der Waals surface area contributed by atoms with Crippen LogP contribution >= 0.6 is 11.6 Å². The van der Waals surface area contributed by atoms with Crippen molar-refractivity contribution in [3.63, 3.8) is 0 Å². The zero-order valence-electron chi connectivity index (χ0n) is 17.3. The van der Waals surface area contributed by atoms with Gasteiger partial charge in [-0.15, -0.1) is 0 Å². The van der Waals surface area contributed by atoms with Crippen LogP contribution in [-0.2, 0) is 0 Å². The molecular formula is C25H19ClN2O4. The van der Waals surface area contributed by atoms with Crippen molar-refractivity contribution in [3.8, 4) is 34.6 Å². The monoisotopic (exact) mass is 446 g/mol. The molecule has 0 saturated heterocycles. The summed E-state index contributed by atoms with van der Waals surface area (Å²) in [5, 5.41) is 10.4. The molecule has 5 rings (SSSR count). The highest BCUT2D eigenvalue weighted by molar-refractivity contribution is 6.30. The predicted octanol–water partition coefficient (Wildman–Crippen LogP) is 5.60. The molecule has 0 bridgehead atoms. The van der Waals surface area contributed by atoms with Crippen LogP contribution in [-0.4, -0.2) is 18.3 Å². The van der Waals surface area contributed by atoms with Gasteiger partial charge in [-0.05, 0) is 61.4 Å². The van der Waals surface area contributed by atoms with E-state index in [4.69, 9.17) is 25.5 Å². The molecule has 7 heteroatoms. The zero-order valence-corrected chi connectivity index (χ0v) is 18.1. The summed E-state index contributed by atoms with van der Waals surface area (Å²) in [4.78, 5) is 13.2. The van der Waals surface area contributed by atoms with Crippen LogP contribution < -0.4 is 15.0 Å². The number of fused-ring (bicyclic) bond motifs is 1. The lowest BCUT2D eigenvalue weighted by Gasteiger charge is -2.14. The Morgan fingerprint density at radius 1 is 1.12 bits per heavy atom. The van der Waals surface area contributed by atoms with Crippen molar-refractivity contribution in [3.05, 3.63) is 76.2 Å². The lowest BCUT2D eigenvalue weighted by molar-refractivity contribution is 0.255. The van der Waals surface area contributed by atoms with Crippen LogP contribution in [0.25, 0.3) is 28.0 Å². The van der Waals surface area contributed by atoms with E-state index in [0.717, 1.165) is 18.4 Å². The van der Waals surface area contributed by atoms with Gasteiger partial charge in [-0.1, -0.05) is 11.6 Å². The van der Waals surface area contributed by atoms with Crippen molar-refractivity contribution in [1.82, 2.24) is 4.57 Å². The number of halogens is 1. The number of nitrogens with zero attached hydrogens (tertiary/aromatic N) is 2. The van der Waals surface area contributed by atoms with Gasteiger partial charge in [0.2, 0.25) is 0 Å². The molecule has 2 heterocycles. The normalized spacial score (nSPS) is 14.2. The van der Waals surface area contributed by atoms with Crippen molar-refractivity contribution >= 4 is 22.6 Å². The molecule has 32 heavy (non-hydrogen) atoms. The Labute approximate surface area is 189 Å². The van der Waals surface area contributed by atoms with E-state index in [0.29, 0.717) is 45.5 Å². The van der Waals surface area contributed by atoms with Gasteiger partial charge >= 0.3 is 0 Å². The van der Waals surface area contributed by atoms with E-state index >= 15 is 0 Å². The van der Waals surface area contributed by atoms with Crippen LogP contribution in [0.4, 0.5) is 0 Å². The Bertz CT molecular complexity index is 1410. The first-order chi connectivity index (χ1) is 15.5. The van der Waals surface area contributed by atoms with Gasteiger partial charge in [-0.25, -0.2) is 0 Å². The average Bonchev–Trinajstić information content (AvgIpc) is 3.47. The maximum atomic E-state index is 13.2. The maximum Gasteiger partial charge on any atom is 0.266 e. The number of pyridine rings is 1. The van der Waals surface area contributed by atoms with Crippen LogP contribution in [0, 0.1) is 16.7 Å². The molecule has 4 aromatic rings. The molecule has 0 aliphatic heterocycles. The Hall–Kier alpha value is -3.69. The second-order valence-electron chi connectivity index (χ2n) is 7.90. The van der Waals surface area contributed by atoms with Gasteiger partial charge in [0.15, 0.2) is 11.5 Å². The summed E-state index contributed by atoms with van der Waals surface area (Å²) >= 11 is 5.96. The number of benzene rings is 2. The first kappa shape index (κ1) is 20.2. The summed E-state index contributed by atoms with van der Waals surface area (Å²) in [5.74, 6) is 1.64. The molecule has 1 aliphatic rings. The predicted molar refractivity (Wildman–Crippen MR) is 122 cm³/mol. The average molecular weight is 447 g/mol. The highest BCUT2D eigenvalue weighted by Gasteiger charge is 2.44. The number of rotatable bonds is 6. The first-order valence-corrected chi connectivity index (χ1v) is 10.5. The molecule has 0 unspecified atom stereocenters. The number of ether oxygens (including phenoxy) is 2. The van der Waals surface area contributed by atoms with Gasteiger partial charge in [0.25, 0.3) is 5.56 Å². The van der Waals surface area contributed by atoms with E-state index in [-0.39, 0.29) is 11.0 Å². The number of hydrogen-bond donors (Lipinski definition) is 0. The van der Waals surface area contributed by atoms with Gasteiger partial charge in [-0.3, -0.25) is 9.36 Å². The summed E-state index contributed by atoms with van der Waals surface area (Å²) < 4.78 is 18.7. The smallest absolute Gasteiger partial charge is 0.266 e. The molecule has 0 atom stereocenters. The second-order valence-corrected chi connectivity index (χ2v) is 8.34. The number of methoxy groups -OCH3 is 1. The number of aromatic nitrogens is 1. The minimum Gasteiger partial charge on any atom is -0.493 e. The van der Waals surface area contributed by atoms with Crippen LogP contribution in [0.1, 0.15) is 12.8 Å². The Balaban J connectivity index is 1.48. The van der Waals surface area contributed by atoms with Crippen LogP contribution in [0.15, 0.2) is 70.0 Å². The molecule has 1 saturated carbocycles. The molecule has 2 aromatic heterocycles. The standard InChI is InChI=1S/C25H19ClN2O4/c1-30-23-12-18(6-7-21(23)31-15-25(14-27)9-10-25)28-11-8-20-19(24(28)29)13-22(32-20)16-2-4-17(26)5-3-16/h2-8,11-13H,9-10,15H2,1H3. The largest absolute Gasteiger partial charge is 0.493 e. The Morgan fingerprint density at radius 2 is 1.91 bits per heavy atom. The number of nitriles is 1. The molecule has 0 spiro atoms. The highest BCUT2D eigenvalue weighted by atomic mass is 35.5. The molecular weight excluding hydrogens is 428 g/mol. The molecule has 1 aliphatic carbocycles. The van der Waals surface area contributed by atoms with Gasteiger partial charge in [0, 0.05) is 22.8 Å². The molecule has 6 nitrogen and oxygen atoms in total. The zero-order chi connectivity index (χ0) is 22.3. The fraction of sp³-hybridized carbons (Fsp3) is 0.200. The lowest BCUT2D eigenvalue weighted by Crippen LogP contribution is -2.17. The lowest BCUT2D eigenvalue weighted by atomic mass is 10.1. The maximum absolute atomic E-state index is 13.2. The topological polar surface area (TPSA) is 77.4 Å². The minimum absolute atomic E-state index is 0.205. The van der Waals surface area contributed by atoms with E-state index in [9.17, 15) is 10.1 Å². The van der Waals surface area contributed by atoms with Crippen molar-refractivity contribution < 1.29 is 13.9 Å². The Kier molecular flexibility index (Phi) is 4.91. The van der Waals surface area contributed by atoms with Gasteiger partial charge < -0.3 is 13.9 Å². The van der Waals surface area contributed by atoms with E-state index in [2.05, 4.69) is 6.07 Å². The summed E-state index contributed by atoms with van der Waals surface area (Å²) in [7, 11) is 1.55. The third kappa shape index (κ3) is 3.61. The number of furan rings is 1. The third-order valence-electron chi connectivity index (χ3n) is 5.73. The SMILES string of the molecule is COc1cc(-n2ccc3oc(-c4ccc(Cl)cc4)cc3c2=O)ccc1OCC1(C#N)CC1. The molecule has 0 amide bonds. The summed E-state index contributed by atoms with van der Waals surface area (Å²) in [6.45, 7) is 0.327. The molecule has 160 valence electrons. The summed E-state index contributed by atoms with van der Waals surface area (Å²) in [5.41, 5.74) is 1.40. The fourth-order valence-electron chi connectivity index (χ4n) is 3.58. The Morgan fingerprint density at radius 3 is 2.59 bits per heavy atom. The van der Waals surface area contributed by atoms with Gasteiger partial charge in [-0.2, -0.15) is 5.26 Å². The van der Waals surface area contributed by atoms with Gasteiger partial charge in [0.1, 0.15) is 18.0 Å². The van der Waals surface area contributed by atoms with E-state index < -0.39 is 0 Å². The second kappa shape index (κ2) is 7.77. The van der Waals surface area contributed by atoms with E-state index in [1.165, 1.54) is 4.57 Å². The first-order valence-electron chi connectivity index (χ1n) is 10.2. The molecule has 1 fully saturated rings. The van der Waals surface area contributed by atoms with Crippen LogP contribution in [0.5, 0.6) is 11.5 Å². The van der Waals surface area contributed by atoms with Crippen molar-refractivity contribution in [2.24, 2.45) is 5.41 Å². The minimum atomic E-state index is -0.380.